The van der Waals surface area contributed by atoms with Crippen LogP contribution >= 0.6 is 0 Å². The Morgan fingerprint density at radius 3 is 2.52 bits per heavy atom. The van der Waals surface area contributed by atoms with Crippen molar-refractivity contribution in [1.29, 1.82) is 0 Å². The van der Waals surface area contributed by atoms with E-state index in [1.54, 1.807) is 6.07 Å². The third-order valence-electron chi connectivity index (χ3n) is 4.31. The summed E-state index contributed by atoms with van der Waals surface area (Å²) in [5.74, 6) is -0.141. The number of hydrogen-bond acceptors (Lipinski definition) is 5. The summed E-state index contributed by atoms with van der Waals surface area (Å²) >= 11 is 0. The van der Waals surface area contributed by atoms with Crippen molar-refractivity contribution >= 4 is 15.9 Å². The van der Waals surface area contributed by atoms with Crippen molar-refractivity contribution in [3.05, 3.63) is 23.8 Å². The van der Waals surface area contributed by atoms with Gasteiger partial charge in [0.25, 0.3) is 5.91 Å². The molecule has 1 amide bonds. The van der Waals surface area contributed by atoms with E-state index in [2.05, 4.69) is 10.0 Å². The highest BCUT2D eigenvalue weighted by Gasteiger charge is 2.34. The van der Waals surface area contributed by atoms with Crippen LogP contribution in [0.4, 0.5) is 0 Å². The Morgan fingerprint density at radius 1 is 1.35 bits per heavy atom. The summed E-state index contributed by atoms with van der Waals surface area (Å²) in [4.78, 5) is 12.4. The van der Waals surface area contributed by atoms with Crippen LogP contribution in [0.15, 0.2) is 23.1 Å². The lowest BCUT2D eigenvalue weighted by Crippen LogP contribution is -2.51. The fourth-order valence-electron chi connectivity index (χ4n) is 2.88. The number of amides is 1. The minimum absolute atomic E-state index is 0.0663. The molecular formula is C15H23N3O4S. The average Bonchev–Trinajstić information content (AvgIpc) is 3.03. The summed E-state index contributed by atoms with van der Waals surface area (Å²) in [7, 11) is -1.04. The first-order chi connectivity index (χ1) is 10.9. The van der Waals surface area contributed by atoms with Gasteiger partial charge in [0, 0.05) is 12.1 Å². The second kappa shape index (κ2) is 6.86. The monoisotopic (exact) mass is 341 g/mol. The lowest BCUT2D eigenvalue weighted by molar-refractivity contribution is 0.0903. The molecule has 0 saturated heterocycles. The van der Waals surface area contributed by atoms with Crippen molar-refractivity contribution in [3.63, 3.8) is 0 Å². The van der Waals surface area contributed by atoms with E-state index in [0.29, 0.717) is 6.54 Å². The lowest BCUT2D eigenvalue weighted by Gasteiger charge is -2.28. The Kier molecular flexibility index (Phi) is 5.28. The molecule has 7 nitrogen and oxygen atoms in total. The predicted octanol–water partition coefficient (Wildman–Crippen LogP) is 0.605. The number of benzene rings is 1. The van der Waals surface area contributed by atoms with E-state index in [1.165, 1.54) is 26.3 Å². The number of ether oxygens (including phenoxy) is 1. The van der Waals surface area contributed by atoms with Crippen LogP contribution in [0, 0.1) is 0 Å². The van der Waals surface area contributed by atoms with Crippen LogP contribution in [0.2, 0.25) is 0 Å². The summed E-state index contributed by atoms with van der Waals surface area (Å²) in [6, 6.07) is 4.34. The maximum atomic E-state index is 12.5. The molecule has 1 saturated carbocycles. The third-order valence-corrected chi connectivity index (χ3v) is 5.75. The molecule has 0 bridgehead atoms. The molecule has 4 N–H and O–H groups in total. The van der Waals surface area contributed by atoms with Gasteiger partial charge in [0.2, 0.25) is 10.0 Å². The number of rotatable bonds is 6. The van der Waals surface area contributed by atoms with Crippen LogP contribution in [-0.4, -0.2) is 40.6 Å². The van der Waals surface area contributed by atoms with Gasteiger partial charge in [0.15, 0.2) is 0 Å². The van der Waals surface area contributed by atoms with Crippen LogP contribution in [0.5, 0.6) is 5.75 Å². The number of nitrogens with two attached hydrogens (primary N) is 1. The maximum absolute atomic E-state index is 12.5. The second-order valence-corrected chi connectivity index (χ2v) is 7.57. The van der Waals surface area contributed by atoms with Gasteiger partial charge < -0.3 is 15.8 Å². The number of sulfonamides is 1. The summed E-state index contributed by atoms with van der Waals surface area (Å²) < 4.78 is 31.5. The van der Waals surface area contributed by atoms with Gasteiger partial charge in [-0.3, -0.25) is 4.79 Å². The molecule has 8 heteroatoms. The Hall–Kier alpha value is -1.64. The smallest absolute Gasteiger partial charge is 0.251 e. The molecular weight excluding hydrogens is 318 g/mol. The zero-order chi connectivity index (χ0) is 17.1. The first kappa shape index (κ1) is 17.7. The standard InChI is InChI=1S/C15H23N3O4S/c1-17-23(20,21)13-9-11(5-6-12(13)22-2)14(19)18-15(10-16)7-3-4-8-15/h5-6,9,17H,3-4,7-8,10,16H2,1-2H3,(H,18,19). The van der Waals surface area contributed by atoms with Crippen LogP contribution in [0.25, 0.3) is 0 Å². The normalized spacial score (nSPS) is 17.0. The summed E-state index contributed by atoms with van der Waals surface area (Å²) in [5, 5.41) is 2.97. The number of hydrogen-bond donors (Lipinski definition) is 3. The molecule has 0 atom stereocenters. The fraction of sp³-hybridized carbons (Fsp3) is 0.533. The molecule has 0 unspecified atom stereocenters. The molecule has 0 radical (unpaired) electrons. The Labute approximate surface area is 136 Å². The third kappa shape index (κ3) is 3.65. The van der Waals surface area contributed by atoms with E-state index >= 15 is 0 Å². The van der Waals surface area contributed by atoms with Crippen molar-refractivity contribution in [1.82, 2.24) is 10.0 Å². The quantitative estimate of drug-likeness (QED) is 0.702. The molecule has 0 spiro atoms. The van der Waals surface area contributed by atoms with Crippen molar-refractivity contribution < 1.29 is 17.9 Å². The number of carbonyl (C=O) groups excluding carboxylic acids is 1. The topological polar surface area (TPSA) is 111 Å². The van der Waals surface area contributed by atoms with Crippen LogP contribution in [0.1, 0.15) is 36.0 Å². The van der Waals surface area contributed by atoms with E-state index in [0.717, 1.165) is 25.7 Å². The van der Waals surface area contributed by atoms with Gasteiger partial charge in [-0.15, -0.1) is 0 Å². The number of nitrogens with one attached hydrogen (secondary N) is 2. The van der Waals surface area contributed by atoms with E-state index in [-0.39, 0.29) is 27.7 Å². The van der Waals surface area contributed by atoms with Crippen molar-refractivity contribution in [3.8, 4) is 5.75 Å². The molecule has 1 fully saturated rings. The summed E-state index contributed by atoms with van der Waals surface area (Å²) in [5.41, 5.74) is 5.69. The molecule has 1 aliphatic carbocycles. The fourth-order valence-corrected chi connectivity index (χ4v) is 3.80. The highest BCUT2D eigenvalue weighted by Crippen LogP contribution is 2.30. The van der Waals surface area contributed by atoms with E-state index < -0.39 is 10.0 Å². The minimum atomic E-state index is -3.72. The predicted molar refractivity (Wildman–Crippen MR) is 87.0 cm³/mol. The number of methoxy groups -OCH3 is 1. The molecule has 1 aromatic rings. The molecule has 23 heavy (non-hydrogen) atoms. The summed E-state index contributed by atoms with van der Waals surface area (Å²) in [6.07, 6.45) is 3.74. The average molecular weight is 341 g/mol. The molecule has 0 heterocycles. The maximum Gasteiger partial charge on any atom is 0.251 e. The minimum Gasteiger partial charge on any atom is -0.495 e. The molecule has 128 valence electrons. The van der Waals surface area contributed by atoms with Gasteiger partial charge in [-0.1, -0.05) is 12.8 Å². The zero-order valence-corrected chi connectivity index (χ0v) is 14.2. The van der Waals surface area contributed by atoms with Gasteiger partial charge in [-0.05, 0) is 38.1 Å². The van der Waals surface area contributed by atoms with Crippen molar-refractivity contribution in [2.75, 3.05) is 20.7 Å². The Bertz CT molecular complexity index is 682. The first-order valence-electron chi connectivity index (χ1n) is 7.52. The highest BCUT2D eigenvalue weighted by molar-refractivity contribution is 7.89. The highest BCUT2D eigenvalue weighted by atomic mass is 32.2. The van der Waals surface area contributed by atoms with Gasteiger partial charge in [-0.2, -0.15) is 0 Å². The van der Waals surface area contributed by atoms with E-state index in [9.17, 15) is 13.2 Å². The molecule has 2 rings (SSSR count). The molecule has 0 aromatic heterocycles. The Balaban J connectivity index is 2.33. The lowest BCUT2D eigenvalue weighted by atomic mass is 9.97. The molecule has 1 aliphatic rings. The van der Waals surface area contributed by atoms with E-state index in [1.807, 2.05) is 0 Å². The molecule has 1 aromatic carbocycles. The van der Waals surface area contributed by atoms with Crippen LogP contribution in [0.3, 0.4) is 0 Å². The van der Waals surface area contributed by atoms with Gasteiger partial charge in [0.05, 0.1) is 12.6 Å². The van der Waals surface area contributed by atoms with Crippen LogP contribution < -0.4 is 20.5 Å². The largest absolute Gasteiger partial charge is 0.495 e. The SMILES string of the molecule is CNS(=O)(=O)c1cc(C(=O)NC2(CN)CCCC2)ccc1OC. The van der Waals surface area contributed by atoms with Crippen molar-refractivity contribution in [2.45, 2.75) is 36.1 Å². The van der Waals surface area contributed by atoms with Crippen molar-refractivity contribution in [2.24, 2.45) is 5.73 Å². The van der Waals surface area contributed by atoms with E-state index in [4.69, 9.17) is 10.5 Å². The first-order valence-corrected chi connectivity index (χ1v) is 9.00. The van der Waals surface area contributed by atoms with Gasteiger partial charge >= 0.3 is 0 Å². The molecule has 0 aliphatic heterocycles. The van der Waals surface area contributed by atoms with Gasteiger partial charge in [-0.25, -0.2) is 13.1 Å². The van der Waals surface area contributed by atoms with Gasteiger partial charge in [0.1, 0.15) is 10.6 Å². The zero-order valence-electron chi connectivity index (χ0n) is 13.4. The summed E-state index contributed by atoms with van der Waals surface area (Å²) in [6.45, 7) is 0.372. The second-order valence-electron chi connectivity index (χ2n) is 5.72. The van der Waals surface area contributed by atoms with Crippen LogP contribution in [-0.2, 0) is 10.0 Å². The number of carbonyl (C=O) groups is 1. The Morgan fingerprint density at radius 2 is 2.00 bits per heavy atom.